The van der Waals surface area contributed by atoms with Gasteiger partial charge in [0.05, 0.1) is 6.61 Å². The van der Waals surface area contributed by atoms with Gasteiger partial charge < -0.3 is 24.8 Å². The van der Waals surface area contributed by atoms with Crippen LogP contribution in [0.2, 0.25) is 0 Å². The number of carbonyl (C=O) groups is 1. The Morgan fingerprint density at radius 1 is 1.09 bits per heavy atom. The van der Waals surface area contributed by atoms with Crippen LogP contribution in [-0.4, -0.2) is 42.8 Å². The quantitative estimate of drug-likeness (QED) is 0.373. The van der Waals surface area contributed by atoms with Crippen molar-refractivity contribution in [1.29, 1.82) is 5.41 Å². The fourth-order valence-electron chi connectivity index (χ4n) is 3.08. The minimum atomic E-state index is -1.02. The molecule has 3 rings (SSSR count). The van der Waals surface area contributed by atoms with Crippen LogP contribution in [0.15, 0.2) is 42.5 Å². The number of methoxy groups -OCH3 is 1. The molecule has 34 heavy (non-hydrogen) atoms. The first-order valence-corrected chi connectivity index (χ1v) is 10.1. The normalized spacial score (nSPS) is 10.6. The van der Waals surface area contributed by atoms with Crippen molar-refractivity contribution in [3.63, 3.8) is 0 Å². The molecule has 3 N–H and O–H groups in total. The van der Waals surface area contributed by atoms with Gasteiger partial charge in [-0.05, 0) is 31.2 Å². The van der Waals surface area contributed by atoms with Crippen molar-refractivity contribution in [2.75, 3.05) is 21.2 Å². The summed E-state index contributed by atoms with van der Waals surface area (Å²) in [5, 5.41) is 7.53. The first kappa shape index (κ1) is 24.6. The first-order chi connectivity index (χ1) is 16.1. The lowest BCUT2D eigenvalue weighted by Gasteiger charge is -2.18. The molecule has 0 spiro atoms. The maximum Gasteiger partial charge on any atom is 0.259 e. The lowest BCUT2D eigenvalue weighted by atomic mass is 10.1. The molecule has 8 nitrogen and oxygen atoms in total. The third-order valence-corrected chi connectivity index (χ3v) is 4.86. The zero-order valence-electron chi connectivity index (χ0n) is 19.1. The van der Waals surface area contributed by atoms with Crippen LogP contribution in [0.4, 0.5) is 8.78 Å². The van der Waals surface area contributed by atoms with Crippen molar-refractivity contribution >= 4 is 11.7 Å². The van der Waals surface area contributed by atoms with E-state index in [0.717, 1.165) is 0 Å². The predicted molar refractivity (Wildman–Crippen MR) is 122 cm³/mol. The molecule has 0 aliphatic heterocycles. The molecule has 1 amide bonds. The zero-order valence-corrected chi connectivity index (χ0v) is 19.1. The van der Waals surface area contributed by atoms with Crippen LogP contribution in [0.1, 0.15) is 27.0 Å². The van der Waals surface area contributed by atoms with E-state index in [0.29, 0.717) is 16.7 Å². The maximum atomic E-state index is 14.9. The number of halogens is 2. The molecule has 2 aromatic carbocycles. The molecule has 0 saturated carbocycles. The molecule has 0 aliphatic carbocycles. The van der Waals surface area contributed by atoms with Crippen molar-refractivity contribution in [2.45, 2.75) is 13.5 Å². The van der Waals surface area contributed by atoms with Gasteiger partial charge in [0.15, 0.2) is 11.6 Å². The number of benzene rings is 2. The summed E-state index contributed by atoms with van der Waals surface area (Å²) in [6.45, 7) is 1.23. The molecular weight excluding hydrogens is 446 g/mol. The third-order valence-electron chi connectivity index (χ3n) is 4.86. The molecule has 0 fully saturated rings. The van der Waals surface area contributed by atoms with E-state index in [1.165, 1.54) is 37.1 Å². The molecule has 0 atom stereocenters. The van der Waals surface area contributed by atoms with Gasteiger partial charge >= 0.3 is 0 Å². The summed E-state index contributed by atoms with van der Waals surface area (Å²) in [6, 6.07) is 10.8. The standard InChI is InChI=1S/C24H24F2N4O4/c1-13-19(25)22(33-15-8-5-7-14(11-15)21(27)28)29-23(20(13)26)34-18-10-6-9-16(17(18)12-32-4)24(31)30(2)3/h5-11H,12H2,1-4H3,(H3,27,28). The second-order valence-electron chi connectivity index (χ2n) is 7.54. The van der Waals surface area contributed by atoms with Gasteiger partial charge in [-0.25, -0.2) is 8.78 Å². The molecule has 0 aliphatic rings. The van der Waals surface area contributed by atoms with Crippen molar-refractivity contribution in [3.8, 4) is 23.3 Å². The van der Waals surface area contributed by atoms with E-state index in [2.05, 4.69) is 4.98 Å². The number of rotatable bonds is 8. The van der Waals surface area contributed by atoms with Crippen molar-refractivity contribution in [3.05, 3.63) is 76.4 Å². The van der Waals surface area contributed by atoms with Gasteiger partial charge in [0.2, 0.25) is 0 Å². The number of nitrogens with one attached hydrogen (secondary N) is 1. The summed E-state index contributed by atoms with van der Waals surface area (Å²) in [5.74, 6) is -3.31. The van der Waals surface area contributed by atoms with Crippen LogP contribution in [-0.2, 0) is 11.3 Å². The third kappa shape index (κ3) is 5.12. The average molecular weight is 470 g/mol. The van der Waals surface area contributed by atoms with E-state index in [-0.39, 0.29) is 35.4 Å². The van der Waals surface area contributed by atoms with Gasteiger partial charge in [-0.15, -0.1) is 0 Å². The van der Waals surface area contributed by atoms with Gasteiger partial charge in [0, 0.05) is 43.5 Å². The molecule has 3 aromatic rings. The van der Waals surface area contributed by atoms with Gasteiger partial charge in [-0.3, -0.25) is 10.2 Å². The highest BCUT2D eigenvalue weighted by atomic mass is 19.1. The molecule has 0 saturated heterocycles. The van der Waals surface area contributed by atoms with E-state index in [4.69, 9.17) is 25.4 Å². The molecule has 0 unspecified atom stereocenters. The van der Waals surface area contributed by atoms with Gasteiger partial charge in [-0.1, -0.05) is 18.2 Å². The highest BCUT2D eigenvalue weighted by molar-refractivity contribution is 5.96. The SMILES string of the molecule is COCc1c(Oc2nc(Oc3cccc(C(=N)N)c3)c(F)c(C)c2F)cccc1C(=O)N(C)C. The number of hydrogen-bond acceptors (Lipinski definition) is 6. The zero-order chi connectivity index (χ0) is 25.0. The summed E-state index contributed by atoms with van der Waals surface area (Å²) in [4.78, 5) is 17.9. The van der Waals surface area contributed by atoms with Crippen LogP contribution in [0.5, 0.6) is 23.3 Å². The minimum Gasteiger partial charge on any atom is -0.436 e. The number of carbonyl (C=O) groups excluding carboxylic acids is 1. The number of pyridine rings is 1. The van der Waals surface area contributed by atoms with Crippen molar-refractivity contribution < 1.29 is 27.8 Å². The first-order valence-electron chi connectivity index (χ1n) is 10.1. The fourth-order valence-corrected chi connectivity index (χ4v) is 3.08. The minimum absolute atomic E-state index is 0.00801. The monoisotopic (exact) mass is 470 g/mol. The topological polar surface area (TPSA) is 111 Å². The largest absolute Gasteiger partial charge is 0.436 e. The molecule has 1 aromatic heterocycles. The molecule has 178 valence electrons. The van der Waals surface area contributed by atoms with Gasteiger partial charge in [0.25, 0.3) is 17.7 Å². The Labute approximate surface area is 195 Å². The van der Waals surface area contributed by atoms with Crippen LogP contribution >= 0.6 is 0 Å². The number of nitrogens with two attached hydrogens (primary N) is 1. The van der Waals surface area contributed by atoms with Crippen LogP contribution < -0.4 is 15.2 Å². The molecule has 1 heterocycles. The Kier molecular flexibility index (Phi) is 7.42. The molecule has 10 heteroatoms. The number of ether oxygens (including phenoxy) is 3. The second-order valence-corrected chi connectivity index (χ2v) is 7.54. The molecule has 0 radical (unpaired) electrons. The lowest BCUT2D eigenvalue weighted by molar-refractivity contribution is 0.0822. The predicted octanol–water partition coefficient (Wildman–Crippen LogP) is 4.39. The van der Waals surface area contributed by atoms with Crippen LogP contribution in [0.25, 0.3) is 0 Å². The highest BCUT2D eigenvalue weighted by Gasteiger charge is 2.23. The van der Waals surface area contributed by atoms with E-state index >= 15 is 0 Å². The summed E-state index contributed by atoms with van der Waals surface area (Å²) in [7, 11) is 4.64. The number of aromatic nitrogens is 1. The summed E-state index contributed by atoms with van der Waals surface area (Å²) in [5.41, 5.74) is 6.16. The number of amides is 1. The Morgan fingerprint density at radius 2 is 1.74 bits per heavy atom. The fraction of sp³-hybridized carbons (Fsp3) is 0.208. The van der Waals surface area contributed by atoms with E-state index in [9.17, 15) is 13.6 Å². The number of hydrogen-bond donors (Lipinski definition) is 2. The lowest BCUT2D eigenvalue weighted by Crippen LogP contribution is -2.23. The van der Waals surface area contributed by atoms with Gasteiger partial charge in [-0.2, -0.15) is 4.98 Å². The van der Waals surface area contributed by atoms with Crippen molar-refractivity contribution in [1.82, 2.24) is 9.88 Å². The van der Waals surface area contributed by atoms with Crippen LogP contribution in [0, 0.1) is 24.0 Å². The number of nitrogens with zero attached hydrogens (tertiary/aromatic N) is 2. The Hall–Kier alpha value is -4.05. The Bertz CT molecular complexity index is 1250. The van der Waals surface area contributed by atoms with Gasteiger partial charge in [0.1, 0.15) is 17.3 Å². The second kappa shape index (κ2) is 10.3. The average Bonchev–Trinajstić information content (AvgIpc) is 2.81. The van der Waals surface area contributed by atoms with Crippen LogP contribution in [0.3, 0.4) is 0 Å². The maximum absolute atomic E-state index is 14.9. The molecular formula is C24H24F2N4O4. The highest BCUT2D eigenvalue weighted by Crippen LogP contribution is 2.35. The Morgan fingerprint density at radius 3 is 2.35 bits per heavy atom. The number of nitrogen functional groups attached to an aromatic ring is 1. The Balaban J connectivity index is 2.04. The smallest absolute Gasteiger partial charge is 0.259 e. The van der Waals surface area contributed by atoms with E-state index in [1.807, 2.05) is 0 Å². The van der Waals surface area contributed by atoms with Crippen molar-refractivity contribution in [2.24, 2.45) is 5.73 Å². The summed E-state index contributed by atoms with van der Waals surface area (Å²) in [6.07, 6.45) is 0. The van der Waals surface area contributed by atoms with E-state index < -0.39 is 23.4 Å². The summed E-state index contributed by atoms with van der Waals surface area (Å²) < 4.78 is 46.1. The van der Waals surface area contributed by atoms with E-state index in [1.54, 1.807) is 38.4 Å². The molecule has 0 bridgehead atoms. The summed E-state index contributed by atoms with van der Waals surface area (Å²) >= 11 is 0. The number of amidine groups is 1.